The number of aliphatic imine (C=N–C) groups is 1. The van der Waals surface area contributed by atoms with Gasteiger partial charge in [-0.1, -0.05) is 0 Å². The zero-order valence-corrected chi connectivity index (χ0v) is 12.2. The van der Waals surface area contributed by atoms with Gasteiger partial charge in [-0.2, -0.15) is 0 Å². The van der Waals surface area contributed by atoms with E-state index >= 15 is 0 Å². The highest BCUT2D eigenvalue weighted by molar-refractivity contribution is 5.92. The largest absolute Gasteiger partial charge is 0.384 e. The highest BCUT2D eigenvalue weighted by Crippen LogP contribution is 2.21. The van der Waals surface area contributed by atoms with Crippen molar-refractivity contribution >= 4 is 11.5 Å². The minimum absolute atomic E-state index is 0.390. The molecule has 0 radical (unpaired) electrons. The fourth-order valence-electron chi connectivity index (χ4n) is 2.52. The Morgan fingerprint density at radius 3 is 2.62 bits per heavy atom. The first-order valence-corrected chi connectivity index (χ1v) is 7.05. The molecule has 0 aliphatic carbocycles. The zero-order chi connectivity index (χ0) is 14.9. The minimum atomic E-state index is -1.08. The number of hydrogen-bond donors (Lipinski definition) is 3. The molecule has 0 amide bonds. The van der Waals surface area contributed by atoms with E-state index in [4.69, 9.17) is 11.5 Å². The molecule has 112 valence electrons. The third-order valence-electron chi connectivity index (χ3n) is 3.87. The topological polar surface area (TPSA) is 95.8 Å². The van der Waals surface area contributed by atoms with E-state index in [1.807, 2.05) is 18.3 Å². The quantitative estimate of drug-likeness (QED) is 0.671. The van der Waals surface area contributed by atoms with Gasteiger partial charge >= 0.3 is 0 Å². The van der Waals surface area contributed by atoms with E-state index in [-0.39, 0.29) is 0 Å². The Morgan fingerprint density at radius 1 is 1.24 bits per heavy atom. The van der Waals surface area contributed by atoms with Gasteiger partial charge in [-0.15, -0.1) is 0 Å². The normalized spacial score (nSPS) is 26.4. The van der Waals surface area contributed by atoms with Crippen molar-refractivity contribution in [1.82, 2.24) is 15.2 Å². The van der Waals surface area contributed by atoms with Crippen LogP contribution in [-0.2, 0) is 5.79 Å². The van der Waals surface area contributed by atoms with E-state index in [9.17, 15) is 0 Å². The maximum Gasteiger partial charge on any atom is 0.228 e. The third-order valence-corrected chi connectivity index (χ3v) is 3.87. The molecule has 1 saturated heterocycles. The fraction of sp³-hybridized carbons (Fsp3) is 0.429. The summed E-state index contributed by atoms with van der Waals surface area (Å²) in [4.78, 5) is 13.3. The molecule has 1 atom stereocenters. The molecule has 0 saturated carbocycles. The van der Waals surface area contributed by atoms with Crippen molar-refractivity contribution in [2.24, 2.45) is 16.5 Å². The number of aromatic nitrogens is 1. The molecular weight excluding hydrogens is 266 g/mol. The van der Waals surface area contributed by atoms with Gasteiger partial charge in [-0.25, -0.2) is 4.99 Å². The van der Waals surface area contributed by atoms with Crippen LogP contribution in [0.1, 0.15) is 5.69 Å². The molecule has 0 spiro atoms. The fourth-order valence-corrected chi connectivity index (χ4v) is 2.52. The molecule has 21 heavy (non-hydrogen) atoms. The van der Waals surface area contributed by atoms with Crippen LogP contribution < -0.4 is 21.7 Å². The average Bonchev–Trinajstić information content (AvgIpc) is 2.48. The maximum atomic E-state index is 6.20. The van der Waals surface area contributed by atoms with E-state index in [1.165, 1.54) is 0 Å². The summed E-state index contributed by atoms with van der Waals surface area (Å²) in [5, 5.41) is 2.99. The Hall–Kier alpha value is -2.12. The zero-order valence-electron chi connectivity index (χ0n) is 12.2. The second-order valence-corrected chi connectivity index (χ2v) is 5.47. The average molecular weight is 287 g/mol. The number of nitrogens with zero attached hydrogens (tertiary/aromatic N) is 4. The van der Waals surface area contributed by atoms with Crippen molar-refractivity contribution in [3.8, 4) is 0 Å². The van der Waals surface area contributed by atoms with Crippen LogP contribution in [0.25, 0.3) is 0 Å². The summed E-state index contributed by atoms with van der Waals surface area (Å²) in [6, 6.07) is 3.94. The number of amidine groups is 1. The Kier molecular flexibility index (Phi) is 3.52. The number of anilines is 1. The molecular formula is C14H21N7. The molecule has 1 aromatic heterocycles. The van der Waals surface area contributed by atoms with Crippen LogP contribution in [0.2, 0.25) is 0 Å². The standard InChI is InChI=1S/C14H21N7/c1-20-6-8-21(9-7-20)11-2-3-12(17-10-11)14(16)18-5-4-13(15)19-14/h2-5,10,18H,6-9,16H2,1H3,(H2,15,19). The molecule has 1 fully saturated rings. The number of pyridine rings is 1. The summed E-state index contributed by atoms with van der Waals surface area (Å²) in [5.41, 5.74) is 13.7. The number of nitrogens with one attached hydrogen (secondary N) is 1. The highest BCUT2D eigenvalue weighted by Gasteiger charge is 2.29. The smallest absolute Gasteiger partial charge is 0.228 e. The molecule has 7 heteroatoms. The summed E-state index contributed by atoms with van der Waals surface area (Å²) < 4.78 is 0. The van der Waals surface area contributed by atoms with Gasteiger partial charge in [0.1, 0.15) is 11.5 Å². The molecule has 1 aromatic rings. The summed E-state index contributed by atoms with van der Waals surface area (Å²) >= 11 is 0. The first-order valence-electron chi connectivity index (χ1n) is 7.05. The molecule has 3 rings (SSSR count). The number of piperazine rings is 1. The van der Waals surface area contributed by atoms with Crippen molar-refractivity contribution in [2.75, 3.05) is 38.1 Å². The van der Waals surface area contributed by atoms with Gasteiger partial charge in [-0.3, -0.25) is 10.7 Å². The molecule has 2 aliphatic heterocycles. The van der Waals surface area contributed by atoms with E-state index < -0.39 is 5.79 Å². The second kappa shape index (κ2) is 5.34. The molecule has 1 unspecified atom stereocenters. The van der Waals surface area contributed by atoms with Gasteiger partial charge in [0.15, 0.2) is 0 Å². The van der Waals surface area contributed by atoms with Crippen molar-refractivity contribution < 1.29 is 0 Å². The van der Waals surface area contributed by atoms with Gasteiger partial charge < -0.3 is 20.9 Å². The van der Waals surface area contributed by atoms with Gasteiger partial charge in [0.05, 0.1) is 11.9 Å². The third kappa shape index (κ3) is 2.84. The SMILES string of the molecule is CN1CCN(c2ccc(C3(N)N=C(N)C=CN3)nc2)CC1. The number of rotatable bonds is 2. The maximum absolute atomic E-state index is 6.20. The van der Waals surface area contributed by atoms with Crippen LogP contribution in [0.3, 0.4) is 0 Å². The number of likely N-dealkylation sites (N-methyl/N-ethyl adjacent to an activating group) is 1. The monoisotopic (exact) mass is 287 g/mol. The molecule has 5 N–H and O–H groups in total. The lowest BCUT2D eigenvalue weighted by Crippen LogP contribution is -2.50. The predicted octanol–water partition coefficient (Wildman–Crippen LogP) is -0.623. The van der Waals surface area contributed by atoms with Gasteiger partial charge in [-0.05, 0) is 25.3 Å². The number of nitrogens with two attached hydrogens (primary N) is 2. The summed E-state index contributed by atoms with van der Waals surface area (Å²) in [5.74, 6) is -0.694. The molecule has 3 heterocycles. The summed E-state index contributed by atoms with van der Waals surface area (Å²) in [6.07, 6.45) is 5.21. The van der Waals surface area contributed by atoms with E-state index in [0.717, 1.165) is 31.9 Å². The van der Waals surface area contributed by atoms with Crippen LogP contribution >= 0.6 is 0 Å². The van der Waals surface area contributed by atoms with Crippen molar-refractivity contribution in [2.45, 2.75) is 5.79 Å². The first-order chi connectivity index (χ1) is 10.1. The van der Waals surface area contributed by atoms with Gasteiger partial charge in [0.2, 0.25) is 5.79 Å². The van der Waals surface area contributed by atoms with Gasteiger partial charge in [0.25, 0.3) is 0 Å². The molecule has 0 bridgehead atoms. The molecule has 2 aliphatic rings. The minimum Gasteiger partial charge on any atom is -0.384 e. The van der Waals surface area contributed by atoms with Crippen LogP contribution in [0, 0.1) is 0 Å². The lowest BCUT2D eigenvalue weighted by atomic mass is 10.2. The highest BCUT2D eigenvalue weighted by atomic mass is 15.3. The Bertz CT molecular complexity index is 557. The summed E-state index contributed by atoms with van der Waals surface area (Å²) in [7, 11) is 2.14. The Balaban J connectivity index is 1.77. The van der Waals surface area contributed by atoms with Crippen molar-refractivity contribution in [3.63, 3.8) is 0 Å². The summed E-state index contributed by atoms with van der Waals surface area (Å²) in [6.45, 7) is 4.15. The van der Waals surface area contributed by atoms with Crippen molar-refractivity contribution in [1.29, 1.82) is 0 Å². The van der Waals surface area contributed by atoms with Crippen LogP contribution in [0.15, 0.2) is 35.6 Å². The molecule has 0 aromatic carbocycles. The van der Waals surface area contributed by atoms with Crippen LogP contribution in [0.5, 0.6) is 0 Å². The Labute approximate surface area is 124 Å². The first kappa shape index (κ1) is 13.8. The molecule has 7 nitrogen and oxygen atoms in total. The second-order valence-electron chi connectivity index (χ2n) is 5.47. The van der Waals surface area contributed by atoms with Crippen molar-refractivity contribution in [3.05, 3.63) is 36.3 Å². The lowest BCUT2D eigenvalue weighted by molar-refractivity contribution is 0.312. The van der Waals surface area contributed by atoms with Crippen LogP contribution in [-0.4, -0.2) is 48.9 Å². The van der Waals surface area contributed by atoms with E-state index in [2.05, 4.69) is 32.1 Å². The number of hydrogen-bond acceptors (Lipinski definition) is 7. The van der Waals surface area contributed by atoms with Gasteiger partial charge in [0, 0.05) is 32.4 Å². The van der Waals surface area contributed by atoms with E-state index in [0.29, 0.717) is 11.5 Å². The van der Waals surface area contributed by atoms with Crippen LogP contribution in [0.4, 0.5) is 5.69 Å². The van der Waals surface area contributed by atoms with E-state index in [1.54, 1.807) is 12.3 Å². The lowest BCUT2D eigenvalue weighted by Gasteiger charge is -2.34. The predicted molar refractivity (Wildman–Crippen MR) is 83.7 cm³/mol. The Morgan fingerprint density at radius 2 is 2.00 bits per heavy atom.